The van der Waals surface area contributed by atoms with Gasteiger partial charge in [0, 0.05) is 12.3 Å². The van der Waals surface area contributed by atoms with E-state index < -0.39 is 11.0 Å². The van der Waals surface area contributed by atoms with Crippen LogP contribution in [0.15, 0.2) is 0 Å². The van der Waals surface area contributed by atoms with Crippen molar-refractivity contribution in [3.63, 3.8) is 0 Å². The number of rotatable bonds is 2. The summed E-state index contributed by atoms with van der Waals surface area (Å²) in [5.41, 5.74) is 0. The first kappa shape index (κ1) is 13.1. The summed E-state index contributed by atoms with van der Waals surface area (Å²) in [5.74, 6) is 2.28. The van der Waals surface area contributed by atoms with Crippen LogP contribution in [0.3, 0.4) is 0 Å². The first-order valence-electron chi connectivity index (χ1n) is 4.74. The van der Waals surface area contributed by atoms with Crippen LogP contribution in [0, 0.1) is 11.8 Å². The highest BCUT2D eigenvalue weighted by molar-refractivity contribution is 7.82. The third-order valence-electron chi connectivity index (χ3n) is 2.71. The third-order valence-corrected chi connectivity index (χ3v) is 4.27. The maximum absolute atomic E-state index is 11.5. The fourth-order valence-electron chi connectivity index (χ4n) is 1.85. The summed E-state index contributed by atoms with van der Waals surface area (Å²) in [5, 5.41) is 0. The number of hydrogen-bond acceptors (Lipinski definition) is 1. The van der Waals surface area contributed by atoms with E-state index in [1.165, 1.54) is 12.8 Å². The lowest BCUT2D eigenvalue weighted by molar-refractivity contribution is 0.286. The van der Waals surface area contributed by atoms with Gasteiger partial charge < -0.3 is 0 Å². The second kappa shape index (κ2) is 5.76. The highest BCUT2D eigenvalue weighted by atomic mass is 32.2. The van der Waals surface area contributed by atoms with Crippen molar-refractivity contribution in [2.75, 3.05) is 19.3 Å². The smallest absolute Gasteiger partial charge is 0.0942 e. The van der Waals surface area contributed by atoms with Crippen LogP contribution in [-0.2, 0) is 11.0 Å². The number of nitrogens with zero attached hydrogens (tertiary/aromatic N) is 1. The summed E-state index contributed by atoms with van der Waals surface area (Å²) >= 11 is 0. The van der Waals surface area contributed by atoms with Crippen LogP contribution in [0.2, 0.25) is 0 Å². The predicted molar refractivity (Wildman–Crippen MR) is 59.9 cm³/mol. The van der Waals surface area contributed by atoms with Gasteiger partial charge in [0.25, 0.3) is 0 Å². The summed E-state index contributed by atoms with van der Waals surface area (Å²) in [7, 11) is 1.25. The van der Waals surface area contributed by atoms with Crippen molar-refractivity contribution in [3.8, 4) is 0 Å². The van der Waals surface area contributed by atoms with Crippen molar-refractivity contribution in [2.24, 2.45) is 11.8 Å². The molecular formula is C10H23NOS. The molecule has 0 amide bonds. The minimum absolute atomic E-state index is 0. The highest BCUT2D eigenvalue weighted by Crippen LogP contribution is 2.24. The molecule has 1 heterocycles. The quantitative estimate of drug-likeness (QED) is 0.677. The zero-order chi connectivity index (χ0) is 9.14. The topological polar surface area (TPSA) is 20.3 Å². The molecule has 0 radical (unpaired) electrons. The Bertz CT molecular complexity index is 172. The van der Waals surface area contributed by atoms with E-state index in [0.717, 1.165) is 12.3 Å². The van der Waals surface area contributed by atoms with Gasteiger partial charge in [-0.05, 0) is 25.3 Å². The molecule has 1 aliphatic rings. The highest BCUT2D eigenvalue weighted by Gasteiger charge is 2.27. The zero-order valence-corrected chi connectivity index (χ0v) is 9.06. The lowest BCUT2D eigenvalue weighted by atomic mass is 9.91. The molecule has 1 saturated heterocycles. The molecule has 0 aromatic rings. The average molecular weight is 205 g/mol. The van der Waals surface area contributed by atoms with Crippen LogP contribution in [0.1, 0.15) is 34.1 Å². The number of hydrogen-bond donors (Lipinski definition) is 0. The van der Waals surface area contributed by atoms with Gasteiger partial charge in [0.15, 0.2) is 0 Å². The molecule has 0 saturated carbocycles. The van der Waals surface area contributed by atoms with E-state index in [-0.39, 0.29) is 7.43 Å². The summed E-state index contributed by atoms with van der Waals surface area (Å²) in [6, 6.07) is 0. The van der Waals surface area contributed by atoms with Gasteiger partial charge in [0.2, 0.25) is 0 Å². The Morgan fingerprint density at radius 3 is 2.69 bits per heavy atom. The van der Waals surface area contributed by atoms with E-state index in [1.54, 1.807) is 0 Å². The van der Waals surface area contributed by atoms with Gasteiger partial charge in [-0.15, -0.1) is 0 Å². The Morgan fingerprint density at radius 2 is 2.15 bits per heavy atom. The first-order valence-corrected chi connectivity index (χ1v) is 6.02. The molecule has 1 aliphatic heterocycles. The molecule has 3 atom stereocenters. The maximum atomic E-state index is 11.5. The molecule has 3 unspecified atom stereocenters. The fourth-order valence-corrected chi connectivity index (χ4v) is 3.37. The van der Waals surface area contributed by atoms with Crippen LogP contribution in [-0.4, -0.2) is 27.9 Å². The van der Waals surface area contributed by atoms with Crippen molar-refractivity contribution in [2.45, 2.75) is 34.1 Å². The standard InChI is InChI=1S/C9H19NOS.CH4/c1-4-5-9-7-12(11)10(3)6-8(9)2;/h8-9H,4-7H2,1-3H3;1H4. The van der Waals surface area contributed by atoms with Crippen LogP contribution in [0.4, 0.5) is 0 Å². The SMILES string of the molecule is C.CCCC1CS(=O)N(C)CC1C. The van der Waals surface area contributed by atoms with Crippen molar-refractivity contribution in [1.29, 1.82) is 0 Å². The van der Waals surface area contributed by atoms with E-state index in [9.17, 15) is 4.21 Å². The lowest BCUT2D eigenvalue weighted by Gasteiger charge is -2.33. The summed E-state index contributed by atoms with van der Waals surface area (Å²) in [4.78, 5) is 0. The predicted octanol–water partition coefficient (Wildman–Crippen LogP) is 2.28. The monoisotopic (exact) mass is 205 g/mol. The molecule has 0 aromatic heterocycles. The van der Waals surface area contributed by atoms with E-state index in [4.69, 9.17) is 0 Å². The second-order valence-corrected chi connectivity index (χ2v) is 5.42. The van der Waals surface area contributed by atoms with Crippen LogP contribution in [0.25, 0.3) is 0 Å². The maximum Gasteiger partial charge on any atom is 0.0942 e. The molecular weight excluding hydrogens is 182 g/mol. The molecule has 2 nitrogen and oxygen atoms in total. The van der Waals surface area contributed by atoms with Gasteiger partial charge in [-0.3, -0.25) is 0 Å². The van der Waals surface area contributed by atoms with Gasteiger partial charge in [-0.25, -0.2) is 8.51 Å². The molecule has 3 heteroatoms. The third kappa shape index (κ3) is 3.39. The Morgan fingerprint density at radius 1 is 1.54 bits per heavy atom. The second-order valence-electron chi connectivity index (χ2n) is 3.82. The molecule has 13 heavy (non-hydrogen) atoms. The van der Waals surface area contributed by atoms with Gasteiger partial charge >= 0.3 is 0 Å². The van der Waals surface area contributed by atoms with Gasteiger partial charge in [0.1, 0.15) is 0 Å². The van der Waals surface area contributed by atoms with Crippen molar-refractivity contribution >= 4 is 11.0 Å². The largest absolute Gasteiger partial charge is 0.243 e. The van der Waals surface area contributed by atoms with E-state index in [0.29, 0.717) is 11.8 Å². The zero-order valence-electron chi connectivity index (χ0n) is 8.25. The van der Waals surface area contributed by atoms with E-state index in [1.807, 2.05) is 11.4 Å². The summed E-state index contributed by atoms with van der Waals surface area (Å²) in [6.07, 6.45) is 2.46. The Kier molecular flexibility index (Phi) is 5.81. The fraction of sp³-hybridized carbons (Fsp3) is 1.00. The van der Waals surface area contributed by atoms with Crippen molar-refractivity contribution < 1.29 is 4.21 Å². The first-order chi connectivity index (χ1) is 5.65. The van der Waals surface area contributed by atoms with E-state index >= 15 is 0 Å². The van der Waals surface area contributed by atoms with Crippen molar-refractivity contribution in [3.05, 3.63) is 0 Å². The molecule has 0 aliphatic carbocycles. The molecule has 1 rings (SSSR count). The summed E-state index contributed by atoms with van der Waals surface area (Å²) in [6.45, 7) is 5.47. The Hall–Kier alpha value is 0.110. The van der Waals surface area contributed by atoms with Crippen LogP contribution >= 0.6 is 0 Å². The van der Waals surface area contributed by atoms with E-state index in [2.05, 4.69) is 13.8 Å². The Labute approximate surface area is 85.3 Å². The van der Waals surface area contributed by atoms with Gasteiger partial charge in [0.05, 0.1) is 11.0 Å². The average Bonchev–Trinajstić information content (AvgIpc) is 2.01. The Balaban J connectivity index is 0.00000144. The molecule has 0 bridgehead atoms. The lowest BCUT2D eigenvalue weighted by Crippen LogP contribution is -2.40. The molecule has 0 aromatic carbocycles. The van der Waals surface area contributed by atoms with Gasteiger partial charge in [-0.2, -0.15) is 0 Å². The minimum Gasteiger partial charge on any atom is -0.243 e. The van der Waals surface area contributed by atoms with Crippen molar-refractivity contribution in [1.82, 2.24) is 4.31 Å². The van der Waals surface area contributed by atoms with Crippen LogP contribution in [0.5, 0.6) is 0 Å². The summed E-state index contributed by atoms with van der Waals surface area (Å²) < 4.78 is 13.4. The minimum atomic E-state index is -0.704. The molecule has 0 spiro atoms. The molecule has 0 N–H and O–H groups in total. The molecule has 1 fully saturated rings. The normalized spacial score (nSPS) is 35.5. The van der Waals surface area contributed by atoms with Crippen LogP contribution < -0.4 is 0 Å². The molecule has 80 valence electrons. The van der Waals surface area contributed by atoms with Gasteiger partial charge in [-0.1, -0.05) is 27.7 Å².